The lowest BCUT2D eigenvalue weighted by atomic mass is 10.1. The van der Waals surface area contributed by atoms with Gasteiger partial charge in [0.25, 0.3) is 5.91 Å². The number of carbonyl (C=O) groups is 3. The van der Waals surface area contributed by atoms with Gasteiger partial charge in [0.15, 0.2) is 0 Å². The largest absolute Gasteiger partial charge is 0.467 e. The lowest BCUT2D eigenvalue weighted by molar-refractivity contribution is -0.155. The maximum atomic E-state index is 13.2. The minimum absolute atomic E-state index is 0.0165. The number of ether oxygens (including phenoxy) is 2. The van der Waals surface area contributed by atoms with Crippen molar-refractivity contribution in [3.8, 4) is 0 Å². The van der Waals surface area contributed by atoms with E-state index < -0.39 is 35.3 Å². The van der Waals surface area contributed by atoms with Crippen molar-refractivity contribution in [2.45, 2.75) is 45.3 Å². The number of amides is 1. The quantitative estimate of drug-likeness (QED) is 0.804. The fraction of sp³-hybridized carbons (Fsp3) is 0.471. The third-order valence-corrected chi connectivity index (χ3v) is 2.93. The van der Waals surface area contributed by atoms with E-state index in [0.29, 0.717) is 0 Å². The van der Waals surface area contributed by atoms with E-state index in [1.807, 2.05) is 0 Å². The van der Waals surface area contributed by atoms with Crippen LogP contribution in [0.25, 0.3) is 0 Å². The van der Waals surface area contributed by atoms with E-state index >= 15 is 0 Å². The lowest BCUT2D eigenvalue weighted by Crippen LogP contribution is -2.42. The number of hydrogen-bond acceptors (Lipinski definition) is 5. The van der Waals surface area contributed by atoms with Crippen molar-refractivity contribution in [3.05, 3.63) is 35.6 Å². The second kappa shape index (κ2) is 8.42. The molecule has 1 rings (SSSR count). The van der Waals surface area contributed by atoms with Gasteiger partial charge in [-0.2, -0.15) is 0 Å². The number of benzene rings is 1. The van der Waals surface area contributed by atoms with E-state index in [0.717, 1.165) is 6.07 Å². The van der Waals surface area contributed by atoms with Gasteiger partial charge >= 0.3 is 11.9 Å². The Labute approximate surface area is 140 Å². The highest BCUT2D eigenvalue weighted by Gasteiger charge is 2.25. The Morgan fingerprint density at radius 1 is 1.25 bits per heavy atom. The molecule has 1 N–H and O–H groups in total. The van der Waals surface area contributed by atoms with Crippen LogP contribution < -0.4 is 5.32 Å². The third-order valence-electron chi connectivity index (χ3n) is 2.93. The van der Waals surface area contributed by atoms with Crippen LogP contribution in [0.5, 0.6) is 0 Å². The van der Waals surface area contributed by atoms with E-state index in [9.17, 15) is 18.8 Å². The molecule has 1 aromatic rings. The smallest absolute Gasteiger partial charge is 0.328 e. The first-order valence-corrected chi connectivity index (χ1v) is 7.48. The lowest BCUT2D eigenvalue weighted by Gasteiger charge is -2.21. The van der Waals surface area contributed by atoms with Gasteiger partial charge in [0.2, 0.25) is 0 Å². The Balaban J connectivity index is 2.71. The molecule has 0 aliphatic carbocycles. The standard InChI is InChI=1S/C17H22FNO5/c1-17(2,3)24-14(20)9-8-13(16(22)23-4)19-15(21)11-6-5-7-12(18)10-11/h5-7,10,13H,8-9H2,1-4H3,(H,19,21)/t13-/m0/s1. The molecular weight excluding hydrogens is 317 g/mol. The molecule has 0 heterocycles. The summed E-state index contributed by atoms with van der Waals surface area (Å²) in [6.07, 6.45) is -0.0525. The van der Waals surface area contributed by atoms with E-state index in [1.165, 1.54) is 25.3 Å². The molecule has 6 nitrogen and oxygen atoms in total. The molecule has 0 bridgehead atoms. The molecule has 0 aliphatic heterocycles. The number of nitrogens with one attached hydrogen (secondary N) is 1. The summed E-state index contributed by atoms with van der Waals surface area (Å²) in [5.74, 6) is -2.38. The van der Waals surface area contributed by atoms with Gasteiger partial charge in [-0.05, 0) is 45.4 Å². The third kappa shape index (κ3) is 6.76. The predicted molar refractivity (Wildman–Crippen MR) is 84.7 cm³/mol. The molecule has 132 valence electrons. The second-order valence-corrected chi connectivity index (χ2v) is 6.18. The average Bonchev–Trinajstić information content (AvgIpc) is 2.48. The highest BCUT2D eigenvalue weighted by atomic mass is 19.1. The van der Waals surface area contributed by atoms with Crippen molar-refractivity contribution >= 4 is 17.8 Å². The molecule has 0 radical (unpaired) electrons. The summed E-state index contributed by atoms with van der Waals surface area (Å²) in [7, 11) is 1.18. The SMILES string of the molecule is COC(=O)[C@H](CCC(=O)OC(C)(C)C)NC(=O)c1cccc(F)c1. The Kier molecular flexibility index (Phi) is 6.88. The molecule has 0 spiro atoms. The van der Waals surface area contributed by atoms with Crippen LogP contribution in [0.4, 0.5) is 4.39 Å². The molecule has 24 heavy (non-hydrogen) atoms. The number of hydrogen-bond donors (Lipinski definition) is 1. The van der Waals surface area contributed by atoms with Gasteiger partial charge in [0, 0.05) is 12.0 Å². The molecule has 0 aromatic heterocycles. The summed E-state index contributed by atoms with van der Waals surface area (Å²) in [6.45, 7) is 5.19. The summed E-state index contributed by atoms with van der Waals surface area (Å²) in [5.41, 5.74) is -0.566. The highest BCUT2D eigenvalue weighted by Crippen LogP contribution is 2.11. The zero-order valence-electron chi connectivity index (χ0n) is 14.2. The first-order chi connectivity index (χ1) is 11.1. The summed E-state index contributed by atoms with van der Waals surface area (Å²) in [5, 5.41) is 2.44. The summed E-state index contributed by atoms with van der Waals surface area (Å²) < 4.78 is 22.9. The van der Waals surface area contributed by atoms with Crippen molar-refractivity contribution in [1.82, 2.24) is 5.32 Å². The fourth-order valence-corrected chi connectivity index (χ4v) is 1.92. The zero-order valence-corrected chi connectivity index (χ0v) is 14.2. The van der Waals surface area contributed by atoms with E-state index in [1.54, 1.807) is 20.8 Å². The summed E-state index contributed by atoms with van der Waals surface area (Å²) >= 11 is 0. The van der Waals surface area contributed by atoms with Gasteiger partial charge in [0.05, 0.1) is 7.11 Å². The highest BCUT2D eigenvalue weighted by molar-refractivity contribution is 5.96. The Hall–Kier alpha value is -2.44. The maximum Gasteiger partial charge on any atom is 0.328 e. The van der Waals surface area contributed by atoms with Crippen LogP contribution in [0.2, 0.25) is 0 Å². The molecular formula is C17H22FNO5. The fourth-order valence-electron chi connectivity index (χ4n) is 1.92. The van der Waals surface area contributed by atoms with Crippen LogP contribution in [-0.4, -0.2) is 36.6 Å². The van der Waals surface area contributed by atoms with Crippen LogP contribution in [0, 0.1) is 5.82 Å². The van der Waals surface area contributed by atoms with Crippen molar-refractivity contribution in [2.75, 3.05) is 7.11 Å². The van der Waals surface area contributed by atoms with Crippen molar-refractivity contribution in [2.24, 2.45) is 0 Å². The van der Waals surface area contributed by atoms with Gasteiger partial charge in [-0.1, -0.05) is 6.07 Å². The predicted octanol–water partition coefficient (Wildman–Crippen LogP) is 2.22. The molecule has 1 aromatic carbocycles. The summed E-state index contributed by atoms with van der Waals surface area (Å²) in [6, 6.07) is 4.03. The Morgan fingerprint density at radius 2 is 1.92 bits per heavy atom. The average molecular weight is 339 g/mol. The topological polar surface area (TPSA) is 81.7 Å². The van der Waals surface area contributed by atoms with Crippen LogP contribution in [-0.2, 0) is 19.1 Å². The van der Waals surface area contributed by atoms with Gasteiger partial charge in [-0.3, -0.25) is 9.59 Å². The van der Waals surface area contributed by atoms with E-state index in [4.69, 9.17) is 4.74 Å². The molecule has 0 saturated heterocycles. The number of methoxy groups -OCH3 is 1. The van der Waals surface area contributed by atoms with Gasteiger partial charge in [0.1, 0.15) is 17.5 Å². The molecule has 0 aliphatic rings. The number of esters is 2. The first-order valence-electron chi connectivity index (χ1n) is 7.48. The number of halogens is 1. The maximum absolute atomic E-state index is 13.2. The van der Waals surface area contributed by atoms with Gasteiger partial charge < -0.3 is 14.8 Å². The first kappa shape index (κ1) is 19.6. The number of carbonyl (C=O) groups excluding carboxylic acids is 3. The van der Waals surface area contributed by atoms with Gasteiger partial charge in [-0.25, -0.2) is 9.18 Å². The molecule has 1 atom stereocenters. The van der Waals surface area contributed by atoms with Crippen molar-refractivity contribution in [1.29, 1.82) is 0 Å². The number of rotatable bonds is 6. The van der Waals surface area contributed by atoms with Gasteiger partial charge in [-0.15, -0.1) is 0 Å². The van der Waals surface area contributed by atoms with Crippen LogP contribution >= 0.6 is 0 Å². The molecule has 0 fully saturated rings. The monoisotopic (exact) mass is 339 g/mol. The minimum atomic E-state index is -1.03. The molecule has 0 saturated carbocycles. The summed E-state index contributed by atoms with van der Waals surface area (Å²) in [4.78, 5) is 35.6. The minimum Gasteiger partial charge on any atom is -0.467 e. The Morgan fingerprint density at radius 3 is 2.46 bits per heavy atom. The van der Waals surface area contributed by atoms with Crippen LogP contribution in [0.15, 0.2) is 24.3 Å². The second-order valence-electron chi connectivity index (χ2n) is 6.18. The molecule has 7 heteroatoms. The molecule has 1 amide bonds. The van der Waals surface area contributed by atoms with E-state index in [-0.39, 0.29) is 18.4 Å². The van der Waals surface area contributed by atoms with Crippen LogP contribution in [0.3, 0.4) is 0 Å². The van der Waals surface area contributed by atoms with E-state index in [2.05, 4.69) is 10.1 Å². The Bertz CT molecular complexity index is 609. The van der Waals surface area contributed by atoms with Crippen molar-refractivity contribution < 1.29 is 28.2 Å². The van der Waals surface area contributed by atoms with Crippen LogP contribution in [0.1, 0.15) is 44.0 Å². The normalized spacial score (nSPS) is 12.2. The van der Waals surface area contributed by atoms with Crippen molar-refractivity contribution in [3.63, 3.8) is 0 Å². The zero-order chi connectivity index (χ0) is 18.3. The molecule has 0 unspecified atom stereocenters.